The maximum absolute atomic E-state index is 12.9. The number of carbonyl (C=O) groups is 3. The van der Waals surface area contributed by atoms with Crippen molar-refractivity contribution < 1.29 is 28.6 Å². The molecule has 0 radical (unpaired) electrons. The molecule has 0 amide bonds. The Morgan fingerprint density at radius 1 is 0.276 bits per heavy atom. The number of hydrogen-bond donors (Lipinski definition) is 0. The van der Waals surface area contributed by atoms with Gasteiger partial charge in [-0.15, -0.1) is 0 Å². The van der Waals surface area contributed by atoms with Crippen molar-refractivity contribution in [3.63, 3.8) is 0 Å². The normalized spacial score (nSPS) is 12.9. The van der Waals surface area contributed by atoms with Gasteiger partial charge in [0, 0.05) is 19.3 Å². The zero-order valence-electron chi connectivity index (χ0n) is 49.5. The van der Waals surface area contributed by atoms with Gasteiger partial charge in [-0.05, 0) is 122 Å². The van der Waals surface area contributed by atoms with E-state index in [1.54, 1.807) is 0 Å². The van der Waals surface area contributed by atoms with Crippen molar-refractivity contribution in [1.29, 1.82) is 0 Å². The van der Waals surface area contributed by atoms with Crippen LogP contribution < -0.4 is 0 Å². The van der Waals surface area contributed by atoms with Crippen LogP contribution in [0.15, 0.2) is 122 Å². The van der Waals surface area contributed by atoms with Gasteiger partial charge in [0.1, 0.15) is 13.2 Å². The highest BCUT2D eigenvalue weighted by atomic mass is 16.6. The molecule has 1 atom stereocenters. The highest BCUT2D eigenvalue weighted by Crippen LogP contribution is 2.15. The first-order chi connectivity index (χ1) is 37.5. The lowest BCUT2D eigenvalue weighted by molar-refractivity contribution is -0.167. The fourth-order valence-electron chi connectivity index (χ4n) is 8.44. The fourth-order valence-corrected chi connectivity index (χ4v) is 8.44. The summed E-state index contributed by atoms with van der Waals surface area (Å²) in [5, 5.41) is 0. The van der Waals surface area contributed by atoms with Gasteiger partial charge in [-0.1, -0.05) is 264 Å². The number of esters is 3. The maximum atomic E-state index is 12.9. The van der Waals surface area contributed by atoms with Crippen LogP contribution in [0.4, 0.5) is 0 Å². The molecule has 0 fully saturated rings. The third-order valence-electron chi connectivity index (χ3n) is 13.2. The second-order valence-electron chi connectivity index (χ2n) is 20.6. The number of allylic oxidation sites excluding steroid dienone is 20. The number of carbonyl (C=O) groups excluding carboxylic acids is 3. The molecule has 6 nitrogen and oxygen atoms in total. The van der Waals surface area contributed by atoms with Gasteiger partial charge in [0.05, 0.1) is 0 Å². The van der Waals surface area contributed by atoms with Crippen LogP contribution >= 0.6 is 0 Å². The van der Waals surface area contributed by atoms with E-state index in [0.29, 0.717) is 19.3 Å². The van der Waals surface area contributed by atoms with E-state index in [1.165, 1.54) is 122 Å². The van der Waals surface area contributed by atoms with Gasteiger partial charge in [0.2, 0.25) is 0 Å². The Labute approximate surface area is 469 Å². The molecule has 76 heavy (non-hydrogen) atoms. The summed E-state index contributed by atoms with van der Waals surface area (Å²) < 4.78 is 16.9. The predicted octanol–water partition coefficient (Wildman–Crippen LogP) is 21.6. The molecular weight excluding hydrogens is 937 g/mol. The van der Waals surface area contributed by atoms with Gasteiger partial charge in [-0.2, -0.15) is 0 Å². The molecule has 0 N–H and O–H groups in total. The topological polar surface area (TPSA) is 78.9 Å². The van der Waals surface area contributed by atoms with Gasteiger partial charge in [-0.25, -0.2) is 0 Å². The zero-order chi connectivity index (χ0) is 55.0. The van der Waals surface area contributed by atoms with Crippen LogP contribution in [0.1, 0.15) is 284 Å². The van der Waals surface area contributed by atoms with E-state index in [9.17, 15) is 14.4 Å². The first-order valence-corrected chi connectivity index (χ1v) is 31.5. The van der Waals surface area contributed by atoms with Crippen LogP contribution in [0.5, 0.6) is 0 Å². The number of unbranched alkanes of at least 4 members (excludes halogenated alkanes) is 25. The molecule has 0 heterocycles. The average molecular weight is 1050 g/mol. The van der Waals surface area contributed by atoms with Gasteiger partial charge in [0.25, 0.3) is 0 Å². The molecule has 1 unspecified atom stereocenters. The lowest BCUT2D eigenvalue weighted by Gasteiger charge is -2.18. The molecule has 0 aromatic carbocycles. The summed E-state index contributed by atoms with van der Waals surface area (Å²) in [5.74, 6) is -0.979. The van der Waals surface area contributed by atoms with Gasteiger partial charge < -0.3 is 14.2 Å². The minimum absolute atomic E-state index is 0.106. The molecule has 6 heteroatoms. The Morgan fingerprint density at radius 3 is 0.908 bits per heavy atom. The molecule has 0 saturated carbocycles. The first kappa shape index (κ1) is 71.8. The Hall–Kier alpha value is -4.19. The molecule has 0 bridgehead atoms. The Balaban J connectivity index is 4.48. The van der Waals surface area contributed by atoms with Crippen LogP contribution in [-0.2, 0) is 28.6 Å². The van der Waals surface area contributed by atoms with Gasteiger partial charge in [-0.3, -0.25) is 14.4 Å². The van der Waals surface area contributed by atoms with Crippen molar-refractivity contribution in [2.45, 2.75) is 290 Å². The van der Waals surface area contributed by atoms with E-state index in [2.05, 4.69) is 142 Å². The van der Waals surface area contributed by atoms with Crippen LogP contribution in [0.3, 0.4) is 0 Å². The van der Waals surface area contributed by atoms with Crippen molar-refractivity contribution in [1.82, 2.24) is 0 Å². The van der Waals surface area contributed by atoms with Crippen molar-refractivity contribution in [3.05, 3.63) is 122 Å². The molecule has 0 spiro atoms. The van der Waals surface area contributed by atoms with E-state index in [-0.39, 0.29) is 37.5 Å². The van der Waals surface area contributed by atoms with Crippen molar-refractivity contribution >= 4 is 17.9 Å². The largest absolute Gasteiger partial charge is 0.462 e. The molecule has 0 rings (SSSR count). The number of ether oxygens (including phenoxy) is 3. The monoisotopic (exact) mass is 1050 g/mol. The number of hydrogen-bond acceptors (Lipinski definition) is 6. The molecular formula is C70H116O6. The highest BCUT2D eigenvalue weighted by Gasteiger charge is 2.19. The molecule has 0 aliphatic carbocycles. The molecule has 0 aromatic rings. The quantitative estimate of drug-likeness (QED) is 0.0261. The fraction of sp³-hybridized carbons (Fsp3) is 0.671. The van der Waals surface area contributed by atoms with Gasteiger partial charge in [0.15, 0.2) is 6.10 Å². The van der Waals surface area contributed by atoms with E-state index in [0.717, 1.165) is 116 Å². The Kier molecular flexibility index (Phi) is 59.9. The SMILES string of the molecule is CC/C=C\C/C=C\C/C=C\C/C=C\C/C=C\C/C=C\C/C=C\CCCC(=O)OCC(COC(=O)CCCCCCC/C=C\C/C=C\CCCC)OC(=O)CCCCCCCCCCC/C=C\CCCCCCCCCC. The molecule has 0 aromatic heterocycles. The second-order valence-corrected chi connectivity index (χ2v) is 20.6. The van der Waals surface area contributed by atoms with E-state index in [1.807, 2.05) is 0 Å². The van der Waals surface area contributed by atoms with E-state index < -0.39 is 6.10 Å². The average Bonchev–Trinajstić information content (AvgIpc) is 3.42. The van der Waals surface area contributed by atoms with Crippen LogP contribution in [0.25, 0.3) is 0 Å². The van der Waals surface area contributed by atoms with Crippen molar-refractivity contribution in [2.24, 2.45) is 0 Å². The minimum atomic E-state index is -0.813. The highest BCUT2D eigenvalue weighted by molar-refractivity contribution is 5.71. The lowest BCUT2D eigenvalue weighted by atomic mass is 10.1. The smallest absolute Gasteiger partial charge is 0.306 e. The standard InChI is InChI=1S/C70H116O6/c1-4-7-10-13-16-19-22-25-28-30-32-34-35-37-38-40-42-45-48-51-54-57-60-63-69(72)75-66-67(65-74-68(71)62-59-56-53-50-47-44-27-24-21-18-15-12-9-6-3)76-70(73)64-61-58-55-52-49-46-43-41-39-36-33-31-29-26-23-20-17-14-11-8-5-2/h7,10,15-16,18-19,24-25,27-28,31-34,37-38,42,45,51,54,67H,4-6,8-9,11-14,17,20-23,26,29-30,35-36,39-41,43-44,46-50,52-53,55-66H2,1-3H3/b10-7-,18-15-,19-16-,27-24-,28-25-,33-31-,34-32-,38-37-,45-42-,54-51-. The van der Waals surface area contributed by atoms with Crippen LogP contribution in [0.2, 0.25) is 0 Å². The van der Waals surface area contributed by atoms with Gasteiger partial charge >= 0.3 is 17.9 Å². The van der Waals surface area contributed by atoms with E-state index in [4.69, 9.17) is 14.2 Å². The molecule has 0 aliphatic heterocycles. The van der Waals surface area contributed by atoms with Crippen molar-refractivity contribution in [3.8, 4) is 0 Å². The lowest BCUT2D eigenvalue weighted by Crippen LogP contribution is -2.30. The minimum Gasteiger partial charge on any atom is -0.462 e. The van der Waals surface area contributed by atoms with Crippen LogP contribution in [-0.4, -0.2) is 37.2 Å². The maximum Gasteiger partial charge on any atom is 0.306 e. The third-order valence-corrected chi connectivity index (χ3v) is 13.2. The summed E-state index contributed by atoms with van der Waals surface area (Å²) in [5.41, 5.74) is 0. The second kappa shape index (κ2) is 63.3. The van der Waals surface area contributed by atoms with E-state index >= 15 is 0 Å². The number of rotatable bonds is 56. The zero-order valence-corrected chi connectivity index (χ0v) is 49.5. The summed E-state index contributed by atoms with van der Waals surface area (Å²) >= 11 is 0. The molecule has 432 valence electrons. The molecule has 0 saturated heterocycles. The third kappa shape index (κ3) is 60.7. The summed E-state index contributed by atoms with van der Waals surface area (Å²) in [4.78, 5) is 38.3. The Morgan fingerprint density at radius 2 is 0.539 bits per heavy atom. The summed E-state index contributed by atoms with van der Waals surface area (Å²) in [6, 6.07) is 0. The first-order valence-electron chi connectivity index (χ1n) is 31.5. The summed E-state index contributed by atoms with van der Waals surface area (Å²) in [6.45, 7) is 6.44. The predicted molar refractivity (Wildman–Crippen MR) is 330 cm³/mol. The Bertz CT molecular complexity index is 1590. The summed E-state index contributed by atoms with van der Waals surface area (Å²) in [7, 11) is 0. The van der Waals surface area contributed by atoms with Crippen molar-refractivity contribution in [2.75, 3.05) is 13.2 Å². The van der Waals surface area contributed by atoms with Crippen LogP contribution in [0, 0.1) is 0 Å². The summed E-state index contributed by atoms with van der Waals surface area (Å²) in [6.07, 6.45) is 87.7. The molecule has 0 aliphatic rings.